The predicted octanol–water partition coefficient (Wildman–Crippen LogP) is 7.42. The minimum atomic E-state index is -0.0278. The van der Waals surface area contributed by atoms with Crippen molar-refractivity contribution in [2.24, 2.45) is 0 Å². The molecule has 2 aromatic heterocycles. The van der Waals surface area contributed by atoms with Crippen LogP contribution in [0.5, 0.6) is 0 Å². The second kappa shape index (κ2) is 17.6. The van der Waals surface area contributed by atoms with Gasteiger partial charge in [-0.3, -0.25) is 9.59 Å². The van der Waals surface area contributed by atoms with Crippen molar-refractivity contribution < 1.29 is 9.59 Å². The van der Waals surface area contributed by atoms with E-state index in [0.29, 0.717) is 51.2 Å². The molecule has 0 radical (unpaired) electrons. The molecule has 4 aromatic carbocycles. The number of carbonyl (C=O) groups is 2. The molecule has 2 heterocycles. The quantitative estimate of drug-likeness (QED) is 0.0942. The largest absolute Gasteiger partial charge is 0.399 e. The number of hydrogen-bond donors (Lipinski definition) is 4. The zero-order valence-corrected chi connectivity index (χ0v) is 29.3. The molecule has 6 rings (SSSR count). The van der Waals surface area contributed by atoms with Crippen LogP contribution in [0.2, 0.25) is 15.9 Å². The summed E-state index contributed by atoms with van der Waals surface area (Å²) >= 11 is 16.0. The topological polar surface area (TPSA) is 188 Å². The van der Waals surface area contributed by atoms with Crippen molar-refractivity contribution in [3.8, 4) is 0 Å². The van der Waals surface area contributed by atoms with Crippen LogP contribution in [0.4, 0.5) is 28.7 Å². The summed E-state index contributed by atoms with van der Waals surface area (Å²) in [5.41, 5.74) is 16.7. The van der Waals surface area contributed by atoms with Crippen molar-refractivity contribution in [1.82, 2.24) is 29.9 Å². The van der Waals surface area contributed by atoms with Crippen molar-refractivity contribution in [3.05, 3.63) is 147 Å². The Morgan fingerprint density at radius 2 is 0.820 bits per heavy atom. The van der Waals surface area contributed by atoms with Gasteiger partial charge in [-0.15, -0.1) is 0 Å². The molecule has 15 heteroatoms. The van der Waals surface area contributed by atoms with Gasteiger partial charge in [0.2, 0.25) is 21.8 Å². The minimum Gasteiger partial charge on any atom is -0.399 e. The van der Waals surface area contributed by atoms with E-state index in [1.165, 1.54) is 0 Å². The van der Waals surface area contributed by atoms with Gasteiger partial charge in [-0.2, -0.15) is 24.9 Å². The molecule has 254 valence electrons. The lowest BCUT2D eigenvalue weighted by Crippen LogP contribution is -2.04. The molecule has 6 N–H and O–H groups in total. The van der Waals surface area contributed by atoms with Crippen LogP contribution in [0.15, 0.2) is 97.1 Å². The zero-order valence-electron chi connectivity index (χ0n) is 27.0. The van der Waals surface area contributed by atoms with Crippen LogP contribution in [-0.2, 0) is 0 Å². The third-order valence-corrected chi connectivity index (χ3v) is 7.10. The molecule has 0 saturated heterocycles. The molecule has 0 aliphatic rings. The third-order valence-electron chi connectivity index (χ3n) is 6.60. The highest BCUT2D eigenvalue weighted by molar-refractivity contribution is 6.33. The van der Waals surface area contributed by atoms with Crippen molar-refractivity contribution in [2.45, 2.75) is 13.8 Å². The van der Waals surface area contributed by atoms with Gasteiger partial charge in [0.05, 0.1) is 0 Å². The van der Waals surface area contributed by atoms with Gasteiger partial charge in [0.25, 0.3) is 0 Å². The Balaban J connectivity index is 0.000000191. The van der Waals surface area contributed by atoms with Gasteiger partial charge in [-0.25, -0.2) is 4.98 Å². The number of anilines is 5. The summed E-state index contributed by atoms with van der Waals surface area (Å²) in [4.78, 5) is 47.5. The van der Waals surface area contributed by atoms with E-state index in [2.05, 4.69) is 40.5 Å². The highest BCUT2D eigenvalue weighted by Gasteiger charge is 2.10. The van der Waals surface area contributed by atoms with E-state index in [9.17, 15) is 9.59 Å². The smallest absolute Gasteiger partial charge is 0.230 e. The fourth-order valence-electron chi connectivity index (χ4n) is 4.20. The van der Waals surface area contributed by atoms with Crippen LogP contribution in [0.25, 0.3) is 0 Å². The van der Waals surface area contributed by atoms with Crippen LogP contribution in [0, 0.1) is 13.8 Å². The van der Waals surface area contributed by atoms with Crippen molar-refractivity contribution in [3.63, 3.8) is 0 Å². The molecular weight excluding hydrogens is 699 g/mol. The second-order valence-electron chi connectivity index (χ2n) is 10.3. The normalized spacial score (nSPS) is 10.1. The molecule has 0 aliphatic carbocycles. The van der Waals surface area contributed by atoms with Crippen molar-refractivity contribution in [2.75, 3.05) is 29.1 Å². The van der Waals surface area contributed by atoms with Gasteiger partial charge in [0.1, 0.15) is 11.6 Å². The van der Waals surface area contributed by atoms with E-state index in [4.69, 9.17) is 46.3 Å². The summed E-state index contributed by atoms with van der Waals surface area (Å²) in [7, 11) is 1.85. The summed E-state index contributed by atoms with van der Waals surface area (Å²) in [6.45, 7) is 3.64. The first kappa shape index (κ1) is 37.1. The highest BCUT2D eigenvalue weighted by Crippen LogP contribution is 2.18. The number of aryl methyl sites for hydroxylation is 2. The maximum atomic E-state index is 12.5. The molecule has 12 nitrogen and oxygen atoms in total. The lowest BCUT2D eigenvalue weighted by atomic mass is 10.0. The number of hydrogen-bond acceptors (Lipinski definition) is 12. The number of nitrogens with two attached hydrogens (primary N) is 2. The number of halogens is 3. The summed E-state index contributed by atoms with van der Waals surface area (Å²) in [5.74, 6) is 1.77. The van der Waals surface area contributed by atoms with Crippen LogP contribution in [-0.4, -0.2) is 48.5 Å². The Kier molecular flexibility index (Phi) is 13.1. The van der Waals surface area contributed by atoms with Crippen LogP contribution >= 0.6 is 34.8 Å². The van der Waals surface area contributed by atoms with Gasteiger partial charge in [0, 0.05) is 52.1 Å². The monoisotopic (exact) mass is 728 g/mol. The molecule has 0 bridgehead atoms. The van der Waals surface area contributed by atoms with Crippen molar-refractivity contribution >= 4 is 75.1 Å². The van der Waals surface area contributed by atoms with Gasteiger partial charge < -0.3 is 22.1 Å². The highest BCUT2D eigenvalue weighted by atomic mass is 35.5. The SMILES string of the molecule is CNc1ccc(C(=O)c2ccc(Nc3nc(C)nc(C)n3)cc2)cc1.Clc1nc(Cl)nc(Cl)n1.Nc1ccc(C(=O)c2ccc(N)cc2)cc1. The Bertz CT molecular complexity index is 1940. The Hall–Kier alpha value is -5.69. The molecule has 0 atom stereocenters. The molecule has 50 heavy (non-hydrogen) atoms. The number of nitrogens with one attached hydrogen (secondary N) is 2. The number of rotatable bonds is 7. The molecule has 0 aliphatic heterocycles. The fraction of sp³-hybridized carbons (Fsp3) is 0.0857. The minimum absolute atomic E-state index is 0.000000000000000444. The van der Waals surface area contributed by atoms with Gasteiger partial charge >= 0.3 is 0 Å². The number of carbonyl (C=O) groups excluding carboxylic acids is 2. The average Bonchev–Trinajstić information content (AvgIpc) is 3.08. The van der Waals surface area contributed by atoms with E-state index < -0.39 is 0 Å². The first-order valence-electron chi connectivity index (χ1n) is 14.8. The van der Waals surface area contributed by atoms with E-state index in [1.54, 1.807) is 60.7 Å². The summed E-state index contributed by atoms with van der Waals surface area (Å²) in [6, 6.07) is 28.4. The zero-order chi connectivity index (χ0) is 36.2. The average molecular weight is 730 g/mol. The van der Waals surface area contributed by atoms with Gasteiger partial charge in [-0.1, -0.05) is 0 Å². The molecule has 0 spiro atoms. The van der Waals surface area contributed by atoms with Crippen molar-refractivity contribution in [1.29, 1.82) is 0 Å². The van der Waals surface area contributed by atoms with Crippen LogP contribution in [0.3, 0.4) is 0 Å². The van der Waals surface area contributed by atoms with E-state index in [1.807, 2.05) is 57.3 Å². The molecule has 0 fully saturated rings. The molecule has 0 unspecified atom stereocenters. The summed E-state index contributed by atoms with van der Waals surface area (Å²) in [5, 5.41) is 6.16. The molecule has 0 amide bonds. The maximum Gasteiger partial charge on any atom is 0.230 e. The lowest BCUT2D eigenvalue weighted by Gasteiger charge is -2.07. The number of ketones is 2. The van der Waals surface area contributed by atoms with Crippen LogP contribution < -0.4 is 22.1 Å². The predicted molar refractivity (Wildman–Crippen MR) is 198 cm³/mol. The Labute approximate surface area is 303 Å². The summed E-state index contributed by atoms with van der Waals surface area (Å²) in [6.07, 6.45) is 0. The first-order valence-corrected chi connectivity index (χ1v) is 15.9. The molecule has 6 aromatic rings. The molecule has 0 saturated carbocycles. The van der Waals surface area contributed by atoms with Crippen LogP contribution in [0.1, 0.15) is 43.5 Å². The fourth-order valence-corrected chi connectivity index (χ4v) is 4.81. The first-order chi connectivity index (χ1) is 23.9. The van der Waals surface area contributed by atoms with E-state index >= 15 is 0 Å². The Morgan fingerprint density at radius 3 is 1.16 bits per heavy atom. The van der Waals surface area contributed by atoms with Gasteiger partial charge in [-0.05, 0) is 146 Å². The number of aromatic nitrogens is 6. The third kappa shape index (κ3) is 11.2. The maximum absolute atomic E-state index is 12.5. The number of nitrogen functional groups attached to an aromatic ring is 2. The van der Waals surface area contributed by atoms with Gasteiger partial charge in [0.15, 0.2) is 11.6 Å². The standard InChI is InChI=1S/C19H19N5O.C13H12N2O.C3Cl3N3/c1-12-21-13(2)23-19(22-12)24-17-10-6-15(7-11-17)18(25)14-4-8-16(20-3)9-5-14;14-11-5-1-9(2-6-11)13(16)10-3-7-12(15)8-4-10;4-1-7-2(5)9-3(6)8-1/h4-11,20H,1-3H3,(H,21,22,23,24);1-8H,14-15H2;. The Morgan fingerprint density at radius 1 is 0.500 bits per heavy atom. The lowest BCUT2D eigenvalue weighted by molar-refractivity contribution is 0.103. The second-order valence-corrected chi connectivity index (χ2v) is 11.3. The number of nitrogens with zero attached hydrogens (tertiary/aromatic N) is 6. The molecular formula is C35H31Cl3N10O2. The van der Waals surface area contributed by atoms with E-state index in [-0.39, 0.29) is 27.4 Å². The number of benzene rings is 4. The summed E-state index contributed by atoms with van der Waals surface area (Å²) < 4.78 is 0. The van der Waals surface area contributed by atoms with E-state index in [0.717, 1.165) is 11.4 Å².